The Bertz CT molecular complexity index is 403. The van der Waals surface area contributed by atoms with E-state index in [0.29, 0.717) is 12.5 Å². The van der Waals surface area contributed by atoms with E-state index in [2.05, 4.69) is 22.2 Å². The molecule has 0 fully saturated rings. The molecule has 0 radical (unpaired) electrons. The molecule has 0 aromatic carbocycles. The molecule has 0 aromatic heterocycles. The molecule has 7 nitrogen and oxygen atoms in total. The number of carbonyl (C=O) groups is 1. The second-order valence-electron chi connectivity index (χ2n) is 1.89. The first-order valence-electron chi connectivity index (χ1n) is 3.21. The fourth-order valence-electron chi connectivity index (χ4n) is 0.477. The van der Waals surface area contributed by atoms with E-state index in [1.54, 1.807) is 0 Å². The van der Waals surface area contributed by atoms with Crippen LogP contribution < -0.4 is 4.72 Å². The van der Waals surface area contributed by atoms with Gasteiger partial charge in [-0.1, -0.05) is 17.0 Å². The van der Waals surface area contributed by atoms with Gasteiger partial charge in [-0.25, -0.2) is 9.29 Å². The van der Waals surface area contributed by atoms with Crippen LogP contribution in [0.25, 0.3) is 0 Å². The van der Waals surface area contributed by atoms with Crippen LogP contribution in [0.15, 0.2) is 25.7 Å². The molecule has 15 heavy (non-hydrogen) atoms. The summed E-state index contributed by atoms with van der Waals surface area (Å²) in [5.41, 5.74) is -1.79. The van der Waals surface area contributed by atoms with Crippen molar-refractivity contribution in [2.24, 2.45) is 0 Å². The lowest BCUT2D eigenvalue weighted by molar-refractivity contribution is 0.248. The SMILES string of the molecule is C=COP(=O)(OC=C)C(=O)NS(=O)(=O)F. The van der Waals surface area contributed by atoms with Crippen LogP contribution in [0.5, 0.6) is 0 Å². The minimum Gasteiger partial charge on any atom is -0.418 e. The molecule has 1 amide bonds. The number of hydrogen-bond donors (Lipinski definition) is 1. The molecule has 1 N–H and O–H groups in total. The van der Waals surface area contributed by atoms with Crippen LogP contribution >= 0.6 is 7.60 Å². The quantitative estimate of drug-likeness (QED) is 0.440. The average Bonchev–Trinajstić information content (AvgIpc) is 2.01. The molecule has 0 aliphatic heterocycles. The smallest absolute Gasteiger partial charge is 0.418 e. The third kappa shape index (κ3) is 4.61. The lowest BCUT2D eigenvalue weighted by atomic mass is 11.2. The standard InChI is InChI=1S/C5H7FNO6PS/c1-3-12-14(9,13-4-2)5(8)7-15(6,10)11/h3-4H,1-2H2,(H,7,8). The van der Waals surface area contributed by atoms with Crippen LogP contribution in [0.3, 0.4) is 0 Å². The van der Waals surface area contributed by atoms with Gasteiger partial charge in [-0.3, -0.25) is 4.79 Å². The molecule has 86 valence electrons. The van der Waals surface area contributed by atoms with Crippen molar-refractivity contribution < 1.29 is 30.7 Å². The van der Waals surface area contributed by atoms with Crippen molar-refractivity contribution in [1.82, 2.24) is 4.72 Å². The largest absolute Gasteiger partial charge is 0.520 e. The molecule has 0 heterocycles. The number of rotatable bonds is 6. The number of halogens is 1. The molecule has 0 unspecified atom stereocenters. The molecule has 0 aliphatic carbocycles. The Balaban J connectivity index is 4.94. The average molecular weight is 259 g/mol. The molecule has 0 atom stereocenters. The van der Waals surface area contributed by atoms with Crippen molar-refractivity contribution in [3.05, 3.63) is 25.7 Å². The summed E-state index contributed by atoms with van der Waals surface area (Å²) in [5.74, 6) is 0. The molecule has 0 rings (SSSR count). The van der Waals surface area contributed by atoms with Gasteiger partial charge in [0, 0.05) is 0 Å². The number of amides is 1. The summed E-state index contributed by atoms with van der Waals surface area (Å²) >= 11 is 0. The zero-order valence-corrected chi connectivity index (χ0v) is 8.96. The molecule has 0 aromatic rings. The Morgan fingerprint density at radius 1 is 1.33 bits per heavy atom. The number of hydrogen-bond acceptors (Lipinski definition) is 6. The predicted molar refractivity (Wildman–Crippen MR) is 48.7 cm³/mol. The minimum absolute atomic E-state index is 0.578. The number of nitrogens with one attached hydrogen (secondary N) is 1. The van der Waals surface area contributed by atoms with Gasteiger partial charge in [0.2, 0.25) is 0 Å². The first-order valence-corrected chi connectivity index (χ1v) is 6.13. The lowest BCUT2D eigenvalue weighted by Gasteiger charge is -2.12. The maximum atomic E-state index is 12.0. The Labute approximate surface area is 85.4 Å². The summed E-state index contributed by atoms with van der Waals surface area (Å²) in [7, 11) is -9.86. The van der Waals surface area contributed by atoms with Crippen LogP contribution in [-0.2, 0) is 24.0 Å². The van der Waals surface area contributed by atoms with Crippen LogP contribution in [0.2, 0.25) is 0 Å². The molecular formula is C5H7FNO6PS. The van der Waals surface area contributed by atoms with E-state index in [0.717, 1.165) is 4.72 Å². The fraction of sp³-hybridized carbons (Fsp3) is 0. The molecule has 0 spiro atoms. The Morgan fingerprint density at radius 2 is 1.73 bits per heavy atom. The third-order valence-corrected chi connectivity index (χ3v) is 2.93. The van der Waals surface area contributed by atoms with E-state index in [4.69, 9.17) is 0 Å². The van der Waals surface area contributed by atoms with Crippen LogP contribution in [0, 0.1) is 0 Å². The van der Waals surface area contributed by atoms with E-state index in [1.807, 2.05) is 0 Å². The normalized spacial score (nSPS) is 11.3. The van der Waals surface area contributed by atoms with Gasteiger partial charge in [-0.15, -0.1) is 0 Å². The van der Waals surface area contributed by atoms with Crippen molar-refractivity contribution in [2.75, 3.05) is 0 Å². The van der Waals surface area contributed by atoms with Crippen molar-refractivity contribution >= 4 is 23.7 Å². The summed E-state index contributed by atoms with van der Waals surface area (Å²) in [6.07, 6.45) is 1.16. The third-order valence-electron chi connectivity index (χ3n) is 0.885. The minimum atomic E-state index is -5.34. The van der Waals surface area contributed by atoms with Gasteiger partial charge >= 0.3 is 23.7 Å². The molecule has 0 saturated carbocycles. The van der Waals surface area contributed by atoms with E-state index < -0.39 is 23.7 Å². The van der Waals surface area contributed by atoms with Crippen molar-refractivity contribution in [3.63, 3.8) is 0 Å². The van der Waals surface area contributed by atoms with E-state index in [1.165, 1.54) is 0 Å². The zero-order chi connectivity index (χ0) is 12.1. The second-order valence-corrected chi connectivity index (χ2v) is 4.79. The van der Waals surface area contributed by atoms with Crippen LogP contribution in [0.4, 0.5) is 8.68 Å². The van der Waals surface area contributed by atoms with E-state index in [-0.39, 0.29) is 0 Å². The lowest BCUT2D eigenvalue weighted by Crippen LogP contribution is -2.26. The summed E-state index contributed by atoms with van der Waals surface area (Å²) in [6, 6.07) is 0. The van der Waals surface area contributed by atoms with Crippen LogP contribution in [-0.4, -0.2) is 14.1 Å². The fourth-order valence-corrected chi connectivity index (χ4v) is 2.09. The summed E-state index contributed by atoms with van der Waals surface area (Å²) < 4.78 is 52.5. The maximum absolute atomic E-state index is 12.0. The molecule has 10 heteroatoms. The molecule has 0 aliphatic rings. The molecule has 0 saturated heterocycles. The van der Waals surface area contributed by atoms with Crippen molar-refractivity contribution in [2.45, 2.75) is 0 Å². The number of carbonyl (C=O) groups excluding carboxylic acids is 1. The zero-order valence-electron chi connectivity index (χ0n) is 7.25. The Hall–Kier alpha value is -1.34. The second kappa shape index (κ2) is 4.94. The highest BCUT2D eigenvalue weighted by Gasteiger charge is 2.38. The first kappa shape index (κ1) is 13.7. The van der Waals surface area contributed by atoms with Gasteiger partial charge in [0.1, 0.15) is 0 Å². The Morgan fingerprint density at radius 3 is 2.00 bits per heavy atom. The highest BCUT2D eigenvalue weighted by atomic mass is 32.3. The van der Waals surface area contributed by atoms with Gasteiger partial charge in [-0.2, -0.15) is 8.42 Å². The van der Waals surface area contributed by atoms with Gasteiger partial charge in [0.15, 0.2) is 0 Å². The van der Waals surface area contributed by atoms with Crippen molar-refractivity contribution in [3.8, 4) is 0 Å². The monoisotopic (exact) mass is 259 g/mol. The van der Waals surface area contributed by atoms with E-state index >= 15 is 0 Å². The summed E-state index contributed by atoms with van der Waals surface area (Å²) in [5, 5.41) is 0. The van der Waals surface area contributed by atoms with E-state index in [9.17, 15) is 21.7 Å². The molecular weight excluding hydrogens is 252 g/mol. The van der Waals surface area contributed by atoms with Gasteiger partial charge in [-0.05, 0) is 0 Å². The predicted octanol–water partition coefficient (Wildman–Crippen LogP) is 1.42. The van der Waals surface area contributed by atoms with Crippen LogP contribution in [0.1, 0.15) is 0 Å². The highest BCUT2D eigenvalue weighted by molar-refractivity contribution is 7.87. The van der Waals surface area contributed by atoms with Gasteiger partial charge in [0.05, 0.1) is 12.5 Å². The summed E-state index contributed by atoms with van der Waals surface area (Å²) in [4.78, 5) is 10.9. The topological polar surface area (TPSA) is 98.8 Å². The van der Waals surface area contributed by atoms with Crippen molar-refractivity contribution in [1.29, 1.82) is 0 Å². The highest BCUT2D eigenvalue weighted by Crippen LogP contribution is 2.49. The molecule has 0 bridgehead atoms. The Kier molecular flexibility index (Phi) is 4.50. The van der Waals surface area contributed by atoms with Gasteiger partial charge < -0.3 is 9.05 Å². The first-order chi connectivity index (χ1) is 6.75. The maximum Gasteiger partial charge on any atom is 0.520 e. The van der Waals surface area contributed by atoms with Gasteiger partial charge in [0.25, 0.3) is 0 Å². The summed E-state index contributed by atoms with van der Waals surface area (Å²) in [6.45, 7) is 5.95.